The number of benzene rings is 1. The molecule has 1 aromatic carbocycles. The molecule has 0 aromatic heterocycles. The number of carbonyl (C=O) groups is 2. The molecule has 2 aliphatic heterocycles. The lowest BCUT2D eigenvalue weighted by Gasteiger charge is -2.44. The van der Waals surface area contributed by atoms with Gasteiger partial charge >= 0.3 is 0 Å². The Morgan fingerprint density at radius 3 is 2.60 bits per heavy atom. The number of piperazine rings is 1. The van der Waals surface area contributed by atoms with Crippen LogP contribution in [-0.4, -0.2) is 53.2 Å². The van der Waals surface area contributed by atoms with Gasteiger partial charge in [0.2, 0.25) is 11.8 Å². The van der Waals surface area contributed by atoms with E-state index >= 15 is 0 Å². The largest absolute Gasteiger partial charge is 0.497 e. The average molecular weight is 346 g/mol. The number of nitrogens with zero attached hydrogens (tertiary/aromatic N) is 1. The highest BCUT2D eigenvalue weighted by Gasteiger charge is 2.57. The summed E-state index contributed by atoms with van der Waals surface area (Å²) in [5.41, 5.74) is -0.0661. The average Bonchev–Trinajstić information content (AvgIpc) is 2.91. The Morgan fingerprint density at radius 2 is 2.00 bits per heavy atom. The highest BCUT2D eigenvalue weighted by atomic mass is 16.5. The zero-order valence-corrected chi connectivity index (χ0v) is 15.0. The van der Waals surface area contributed by atoms with Crippen LogP contribution in [0.5, 0.6) is 5.75 Å². The van der Waals surface area contributed by atoms with Crippen LogP contribution in [0.3, 0.4) is 0 Å². The molecule has 2 fully saturated rings. The third kappa shape index (κ3) is 3.23. The van der Waals surface area contributed by atoms with Crippen LogP contribution in [-0.2, 0) is 16.0 Å². The minimum Gasteiger partial charge on any atom is -0.497 e. The maximum absolute atomic E-state index is 13.0. The lowest BCUT2D eigenvalue weighted by molar-refractivity contribution is -0.154. The zero-order valence-electron chi connectivity index (χ0n) is 15.0. The van der Waals surface area contributed by atoms with Crippen LogP contribution in [0.4, 0.5) is 0 Å². The van der Waals surface area contributed by atoms with Crippen molar-refractivity contribution in [3.63, 3.8) is 0 Å². The lowest BCUT2D eigenvalue weighted by Crippen LogP contribution is -2.69. The Bertz CT molecular complexity index is 658. The number of hydrogen-bond acceptors (Lipinski definition) is 4. The second kappa shape index (κ2) is 6.67. The van der Waals surface area contributed by atoms with Crippen molar-refractivity contribution in [3.8, 4) is 5.75 Å². The fourth-order valence-corrected chi connectivity index (χ4v) is 3.97. The summed E-state index contributed by atoms with van der Waals surface area (Å²) in [7, 11) is 1.60. The summed E-state index contributed by atoms with van der Waals surface area (Å²) >= 11 is 0. The molecule has 0 aliphatic carbocycles. The molecule has 0 saturated carbocycles. The van der Waals surface area contributed by atoms with Crippen molar-refractivity contribution >= 4 is 11.8 Å². The van der Waals surface area contributed by atoms with Crippen LogP contribution in [0.25, 0.3) is 0 Å². The molecule has 2 saturated heterocycles. The van der Waals surface area contributed by atoms with E-state index in [1.54, 1.807) is 12.0 Å². The molecule has 0 radical (unpaired) electrons. The summed E-state index contributed by atoms with van der Waals surface area (Å²) in [6.45, 7) is 4.27. The van der Waals surface area contributed by atoms with Crippen molar-refractivity contribution in [2.75, 3.05) is 13.7 Å². The maximum atomic E-state index is 13.0. The fraction of sp³-hybridized carbons (Fsp3) is 0.579. The van der Waals surface area contributed by atoms with E-state index in [1.807, 2.05) is 38.1 Å². The number of hydrogen-bond donors (Lipinski definition) is 2. The van der Waals surface area contributed by atoms with E-state index in [1.165, 1.54) is 0 Å². The summed E-state index contributed by atoms with van der Waals surface area (Å²) in [4.78, 5) is 27.5. The van der Waals surface area contributed by atoms with Crippen molar-refractivity contribution in [1.82, 2.24) is 10.2 Å². The van der Waals surface area contributed by atoms with Gasteiger partial charge in [0.05, 0.1) is 13.2 Å². The van der Waals surface area contributed by atoms with E-state index in [0.717, 1.165) is 11.3 Å². The van der Waals surface area contributed by atoms with Crippen LogP contribution in [0.1, 0.15) is 32.3 Å². The highest BCUT2D eigenvalue weighted by Crippen LogP contribution is 2.37. The Labute approximate surface area is 148 Å². The van der Waals surface area contributed by atoms with E-state index in [2.05, 4.69) is 5.32 Å². The predicted octanol–water partition coefficient (Wildman–Crippen LogP) is 1.11. The third-order valence-corrected chi connectivity index (χ3v) is 5.14. The van der Waals surface area contributed by atoms with Crippen LogP contribution >= 0.6 is 0 Å². The fourth-order valence-electron chi connectivity index (χ4n) is 3.97. The lowest BCUT2D eigenvalue weighted by atomic mass is 9.83. The zero-order chi connectivity index (χ0) is 18.2. The molecule has 2 amide bonds. The summed E-state index contributed by atoms with van der Waals surface area (Å²) in [5, 5.41) is 13.1. The molecule has 0 bridgehead atoms. The smallest absolute Gasteiger partial charge is 0.247 e. The Balaban J connectivity index is 1.88. The first kappa shape index (κ1) is 17.7. The van der Waals surface area contributed by atoms with Gasteiger partial charge < -0.3 is 20.1 Å². The summed E-state index contributed by atoms with van der Waals surface area (Å²) in [6.07, 6.45) is 0.589. The van der Waals surface area contributed by atoms with E-state index in [4.69, 9.17) is 4.74 Å². The molecule has 25 heavy (non-hydrogen) atoms. The Morgan fingerprint density at radius 1 is 1.32 bits per heavy atom. The monoisotopic (exact) mass is 346 g/mol. The summed E-state index contributed by atoms with van der Waals surface area (Å²) in [5.74, 6) is 0.796. The van der Waals surface area contributed by atoms with Crippen LogP contribution in [0.2, 0.25) is 0 Å². The number of methoxy groups -OCH3 is 1. The van der Waals surface area contributed by atoms with Crippen molar-refractivity contribution < 1.29 is 19.4 Å². The Hall–Kier alpha value is -2.08. The molecule has 2 aliphatic rings. The van der Waals surface area contributed by atoms with Gasteiger partial charge in [-0.15, -0.1) is 0 Å². The molecule has 3 atom stereocenters. The first-order valence-electron chi connectivity index (χ1n) is 8.79. The van der Waals surface area contributed by atoms with Gasteiger partial charge in [0, 0.05) is 19.4 Å². The van der Waals surface area contributed by atoms with Gasteiger partial charge in [0.15, 0.2) is 0 Å². The van der Waals surface area contributed by atoms with Gasteiger partial charge in [-0.3, -0.25) is 9.59 Å². The molecule has 6 heteroatoms. The van der Waals surface area contributed by atoms with Gasteiger partial charge in [0.1, 0.15) is 17.3 Å². The normalized spacial score (nSPS) is 28.9. The summed E-state index contributed by atoms with van der Waals surface area (Å²) < 4.78 is 5.17. The Kier molecular flexibility index (Phi) is 4.73. The van der Waals surface area contributed by atoms with Gasteiger partial charge in [0.25, 0.3) is 0 Å². The molecular formula is C19H26N2O4. The van der Waals surface area contributed by atoms with Crippen molar-refractivity contribution in [2.45, 2.75) is 50.8 Å². The number of nitrogens with one attached hydrogen (secondary N) is 1. The van der Waals surface area contributed by atoms with Crippen molar-refractivity contribution in [1.29, 1.82) is 0 Å². The standard InChI is InChI=1S/C19H26N2O4/c1-12(2)8-16-17(23)21-11-14(22)10-19(21,18(24)20-16)9-13-4-6-15(25-3)7-5-13/h4-7,12,14,16,22H,8-11H2,1-3H3,(H,20,24)/t14-,16?,19?/m1/s1. The first-order chi connectivity index (χ1) is 11.9. The van der Waals surface area contributed by atoms with Gasteiger partial charge in [-0.2, -0.15) is 0 Å². The molecular weight excluding hydrogens is 320 g/mol. The van der Waals surface area contributed by atoms with Crippen LogP contribution in [0, 0.1) is 5.92 Å². The number of amides is 2. The number of β-amino-alcohol motifs (C(OH)–C–C–N with tert-alkyl or cyclic N) is 1. The molecule has 3 rings (SSSR count). The number of aliphatic hydroxyl groups is 1. The van der Waals surface area contributed by atoms with E-state index in [-0.39, 0.29) is 24.8 Å². The molecule has 2 N–H and O–H groups in total. The topological polar surface area (TPSA) is 78.9 Å². The number of aliphatic hydroxyl groups excluding tert-OH is 1. The summed E-state index contributed by atoms with van der Waals surface area (Å²) in [6, 6.07) is 6.97. The highest BCUT2D eigenvalue weighted by molar-refractivity contribution is 6.00. The molecule has 2 heterocycles. The minimum atomic E-state index is -1.00. The number of fused-ring (bicyclic) bond motifs is 1. The van der Waals surface area contributed by atoms with E-state index in [0.29, 0.717) is 18.8 Å². The molecule has 1 aromatic rings. The molecule has 2 unspecified atom stereocenters. The molecule has 6 nitrogen and oxygen atoms in total. The quantitative estimate of drug-likeness (QED) is 0.837. The van der Waals surface area contributed by atoms with Crippen molar-refractivity contribution in [3.05, 3.63) is 29.8 Å². The first-order valence-corrected chi connectivity index (χ1v) is 8.79. The number of carbonyl (C=O) groups excluding carboxylic acids is 2. The second-order valence-electron chi connectivity index (χ2n) is 7.52. The third-order valence-electron chi connectivity index (χ3n) is 5.14. The van der Waals surface area contributed by atoms with Crippen LogP contribution in [0.15, 0.2) is 24.3 Å². The second-order valence-corrected chi connectivity index (χ2v) is 7.52. The van der Waals surface area contributed by atoms with Crippen molar-refractivity contribution in [2.24, 2.45) is 5.92 Å². The number of rotatable bonds is 5. The molecule has 0 spiro atoms. The van der Waals surface area contributed by atoms with E-state index in [9.17, 15) is 14.7 Å². The van der Waals surface area contributed by atoms with Crippen LogP contribution < -0.4 is 10.1 Å². The van der Waals surface area contributed by atoms with Gasteiger partial charge in [-0.1, -0.05) is 26.0 Å². The molecule has 136 valence electrons. The van der Waals surface area contributed by atoms with Gasteiger partial charge in [-0.25, -0.2) is 0 Å². The minimum absolute atomic E-state index is 0.0849. The van der Waals surface area contributed by atoms with Gasteiger partial charge in [-0.05, 0) is 30.0 Å². The number of ether oxygens (including phenoxy) is 1. The van der Waals surface area contributed by atoms with E-state index < -0.39 is 17.7 Å². The predicted molar refractivity (Wildman–Crippen MR) is 93.2 cm³/mol. The SMILES string of the molecule is COc1ccc(CC23C[C@@H](O)CN2C(=O)C(CC(C)C)NC3=O)cc1. The maximum Gasteiger partial charge on any atom is 0.247 e.